The molecule has 1 spiro atoms. The first kappa shape index (κ1) is 14.5. The second-order valence-corrected chi connectivity index (χ2v) is 6.01. The third-order valence-corrected chi connectivity index (χ3v) is 4.67. The van der Waals surface area contributed by atoms with Crippen molar-refractivity contribution in [3.05, 3.63) is 11.6 Å². The lowest BCUT2D eigenvalue weighted by molar-refractivity contribution is -0.148. The fourth-order valence-electron chi connectivity index (χ4n) is 3.72. The number of aromatic nitrogens is 3. The van der Waals surface area contributed by atoms with Crippen molar-refractivity contribution in [1.82, 2.24) is 25.0 Å². The highest BCUT2D eigenvalue weighted by atomic mass is 16.3. The molecule has 3 heterocycles. The molecule has 2 fully saturated rings. The summed E-state index contributed by atoms with van der Waals surface area (Å²) < 4.78 is 0. The van der Waals surface area contributed by atoms with Crippen LogP contribution in [0, 0.1) is 6.92 Å². The van der Waals surface area contributed by atoms with Crippen LogP contribution >= 0.6 is 0 Å². The summed E-state index contributed by atoms with van der Waals surface area (Å²) in [6.45, 7) is 4.63. The molecule has 0 aliphatic carbocycles. The van der Waals surface area contributed by atoms with Crippen LogP contribution in [0.5, 0.6) is 0 Å². The molecule has 3 rings (SSSR count). The smallest absolute Gasteiger partial charge is 0.243 e. The summed E-state index contributed by atoms with van der Waals surface area (Å²) in [6.07, 6.45) is 3.83. The number of rotatable bonds is 4. The second kappa shape index (κ2) is 5.73. The topological polar surface area (TPSA) is 85.3 Å². The molecule has 21 heavy (non-hydrogen) atoms. The maximum Gasteiger partial charge on any atom is 0.243 e. The maximum atomic E-state index is 12.9. The standard InChI is InChI=1S/C14H23N5O2/c1-11-15-12(17-16-11)10-19-7-3-5-14(19)4-2-6-18(8-9-20)13(14)21/h20H,2-10H2,1H3,(H,15,16,17). The molecule has 0 bridgehead atoms. The molecule has 1 aromatic heterocycles. The minimum atomic E-state index is -0.401. The van der Waals surface area contributed by atoms with Gasteiger partial charge in [-0.2, -0.15) is 5.10 Å². The quantitative estimate of drug-likeness (QED) is 0.820. The molecule has 1 aromatic rings. The summed E-state index contributed by atoms with van der Waals surface area (Å²) in [5.74, 6) is 1.73. The van der Waals surface area contributed by atoms with Gasteiger partial charge in [0.05, 0.1) is 13.2 Å². The van der Waals surface area contributed by atoms with E-state index in [1.54, 1.807) is 0 Å². The van der Waals surface area contributed by atoms with Crippen LogP contribution in [0.3, 0.4) is 0 Å². The Balaban J connectivity index is 1.79. The third-order valence-electron chi connectivity index (χ3n) is 4.67. The van der Waals surface area contributed by atoms with E-state index < -0.39 is 5.54 Å². The van der Waals surface area contributed by atoms with Gasteiger partial charge in [-0.25, -0.2) is 4.98 Å². The van der Waals surface area contributed by atoms with Crippen molar-refractivity contribution >= 4 is 5.91 Å². The van der Waals surface area contributed by atoms with Crippen LogP contribution in [-0.4, -0.2) is 67.8 Å². The molecule has 2 saturated heterocycles. The Kier molecular flexibility index (Phi) is 3.95. The van der Waals surface area contributed by atoms with Gasteiger partial charge in [-0.05, 0) is 39.2 Å². The fourth-order valence-corrected chi connectivity index (χ4v) is 3.72. The largest absolute Gasteiger partial charge is 0.395 e. The summed E-state index contributed by atoms with van der Waals surface area (Å²) in [4.78, 5) is 21.3. The van der Waals surface area contributed by atoms with E-state index in [1.807, 2.05) is 11.8 Å². The molecular formula is C14H23N5O2. The molecule has 1 atom stereocenters. The highest BCUT2D eigenvalue weighted by molar-refractivity contribution is 5.87. The molecule has 1 unspecified atom stereocenters. The van der Waals surface area contributed by atoms with Crippen LogP contribution in [0.25, 0.3) is 0 Å². The number of likely N-dealkylation sites (tertiary alicyclic amines) is 2. The van der Waals surface area contributed by atoms with Crippen molar-refractivity contribution in [2.45, 2.75) is 44.7 Å². The van der Waals surface area contributed by atoms with Crippen molar-refractivity contribution in [3.8, 4) is 0 Å². The van der Waals surface area contributed by atoms with Crippen LogP contribution in [0.2, 0.25) is 0 Å². The number of aryl methyl sites for hydroxylation is 1. The predicted octanol–water partition coefficient (Wildman–Crippen LogP) is 0.0624. The van der Waals surface area contributed by atoms with E-state index in [0.717, 1.165) is 50.4 Å². The first-order chi connectivity index (χ1) is 10.2. The number of aliphatic hydroxyl groups excluding tert-OH is 1. The Morgan fingerprint density at radius 1 is 1.33 bits per heavy atom. The highest BCUT2D eigenvalue weighted by Crippen LogP contribution is 2.38. The van der Waals surface area contributed by atoms with Crippen LogP contribution in [-0.2, 0) is 11.3 Å². The molecular weight excluding hydrogens is 270 g/mol. The molecule has 0 radical (unpaired) electrons. The first-order valence-electron chi connectivity index (χ1n) is 7.69. The number of hydrogen-bond donors (Lipinski definition) is 2. The number of amides is 1. The van der Waals surface area contributed by atoms with Crippen molar-refractivity contribution in [2.24, 2.45) is 0 Å². The van der Waals surface area contributed by atoms with Crippen molar-refractivity contribution in [2.75, 3.05) is 26.2 Å². The van der Waals surface area contributed by atoms with E-state index in [4.69, 9.17) is 5.11 Å². The van der Waals surface area contributed by atoms with Crippen LogP contribution < -0.4 is 0 Å². The van der Waals surface area contributed by atoms with E-state index in [0.29, 0.717) is 13.1 Å². The molecule has 2 aliphatic heterocycles. The maximum absolute atomic E-state index is 12.9. The number of carbonyl (C=O) groups is 1. The normalized spacial score (nSPS) is 27.0. The Morgan fingerprint density at radius 3 is 2.76 bits per heavy atom. The molecule has 7 nitrogen and oxygen atoms in total. The Morgan fingerprint density at radius 2 is 2.10 bits per heavy atom. The van der Waals surface area contributed by atoms with E-state index >= 15 is 0 Å². The zero-order valence-electron chi connectivity index (χ0n) is 12.5. The first-order valence-corrected chi connectivity index (χ1v) is 7.69. The number of nitrogens with zero attached hydrogens (tertiary/aromatic N) is 4. The monoisotopic (exact) mass is 293 g/mol. The number of carbonyl (C=O) groups excluding carboxylic acids is 1. The molecule has 2 aliphatic rings. The predicted molar refractivity (Wildman–Crippen MR) is 76.4 cm³/mol. The van der Waals surface area contributed by atoms with Crippen LogP contribution in [0.4, 0.5) is 0 Å². The molecule has 1 amide bonds. The molecule has 0 saturated carbocycles. The van der Waals surface area contributed by atoms with E-state index in [2.05, 4.69) is 20.1 Å². The Hall–Kier alpha value is -1.47. The lowest BCUT2D eigenvalue weighted by Gasteiger charge is -2.44. The second-order valence-electron chi connectivity index (χ2n) is 6.01. The number of aromatic amines is 1. The summed E-state index contributed by atoms with van der Waals surface area (Å²) >= 11 is 0. The number of H-pyrrole nitrogens is 1. The minimum Gasteiger partial charge on any atom is -0.395 e. The Bertz CT molecular complexity index is 515. The summed E-state index contributed by atoms with van der Waals surface area (Å²) in [5.41, 5.74) is -0.401. The van der Waals surface area contributed by atoms with Gasteiger partial charge >= 0.3 is 0 Å². The third kappa shape index (κ3) is 2.55. The van der Waals surface area contributed by atoms with Gasteiger partial charge in [-0.3, -0.25) is 14.8 Å². The van der Waals surface area contributed by atoms with Gasteiger partial charge in [0.25, 0.3) is 0 Å². The zero-order chi connectivity index (χ0) is 14.9. The van der Waals surface area contributed by atoms with Crippen LogP contribution in [0.15, 0.2) is 0 Å². The van der Waals surface area contributed by atoms with Crippen LogP contribution in [0.1, 0.15) is 37.3 Å². The number of piperidine rings is 1. The van der Waals surface area contributed by atoms with Gasteiger partial charge in [0.2, 0.25) is 5.91 Å². The Labute approximate surface area is 124 Å². The van der Waals surface area contributed by atoms with E-state index in [1.165, 1.54) is 0 Å². The molecule has 116 valence electrons. The number of aliphatic hydroxyl groups is 1. The van der Waals surface area contributed by atoms with Gasteiger partial charge in [0.1, 0.15) is 11.4 Å². The van der Waals surface area contributed by atoms with Crippen molar-refractivity contribution < 1.29 is 9.90 Å². The SMILES string of the molecule is Cc1nc(CN2CCCC23CCCN(CCO)C3=O)n[nH]1. The molecule has 2 N–H and O–H groups in total. The lowest BCUT2D eigenvalue weighted by atomic mass is 9.85. The van der Waals surface area contributed by atoms with E-state index in [9.17, 15) is 4.79 Å². The highest BCUT2D eigenvalue weighted by Gasteiger charge is 2.50. The lowest BCUT2D eigenvalue weighted by Crippen LogP contribution is -2.60. The average molecular weight is 293 g/mol. The number of β-amino-alcohol motifs (C(OH)–C–C–N with tert-alkyl or cyclic N) is 1. The van der Waals surface area contributed by atoms with Crippen molar-refractivity contribution in [1.29, 1.82) is 0 Å². The number of hydrogen-bond acceptors (Lipinski definition) is 5. The zero-order valence-corrected chi connectivity index (χ0v) is 12.5. The van der Waals surface area contributed by atoms with Crippen molar-refractivity contribution in [3.63, 3.8) is 0 Å². The minimum absolute atomic E-state index is 0.0297. The molecule has 0 aromatic carbocycles. The summed E-state index contributed by atoms with van der Waals surface area (Å²) in [5, 5.41) is 16.2. The molecule has 7 heteroatoms. The summed E-state index contributed by atoms with van der Waals surface area (Å²) in [6, 6.07) is 0. The van der Waals surface area contributed by atoms with E-state index in [-0.39, 0.29) is 12.5 Å². The van der Waals surface area contributed by atoms with Gasteiger partial charge in [0, 0.05) is 13.1 Å². The summed E-state index contributed by atoms with van der Waals surface area (Å²) in [7, 11) is 0. The van der Waals surface area contributed by atoms with Gasteiger partial charge in [-0.1, -0.05) is 0 Å². The van der Waals surface area contributed by atoms with Gasteiger partial charge < -0.3 is 10.0 Å². The number of nitrogens with one attached hydrogen (secondary N) is 1. The van der Waals surface area contributed by atoms with Gasteiger partial charge in [-0.15, -0.1) is 0 Å². The van der Waals surface area contributed by atoms with Gasteiger partial charge in [0.15, 0.2) is 5.82 Å². The fraction of sp³-hybridized carbons (Fsp3) is 0.786. The average Bonchev–Trinajstić information content (AvgIpc) is 3.04.